The van der Waals surface area contributed by atoms with Gasteiger partial charge in [0.1, 0.15) is 6.54 Å². The lowest BCUT2D eigenvalue weighted by atomic mass is 9.82. The summed E-state index contributed by atoms with van der Waals surface area (Å²) in [4.78, 5) is 4.63. The van der Waals surface area contributed by atoms with E-state index < -0.39 is 0 Å². The second-order valence-electron chi connectivity index (χ2n) is 10.3. The Hall–Kier alpha value is -0.970. The molecular weight excluding hydrogens is 346 g/mol. The van der Waals surface area contributed by atoms with E-state index in [-0.39, 0.29) is 0 Å². The van der Waals surface area contributed by atoms with Gasteiger partial charge in [-0.2, -0.15) is 0 Å². The van der Waals surface area contributed by atoms with Crippen molar-refractivity contribution >= 4 is 0 Å². The zero-order valence-electron chi connectivity index (χ0n) is 18.2. The minimum absolute atomic E-state index is 0.610. The fourth-order valence-electron chi connectivity index (χ4n) is 6.44. The van der Waals surface area contributed by atoms with Crippen molar-refractivity contribution in [3.63, 3.8) is 0 Å². The number of hydrogen-bond acceptors (Lipinski definition) is 2. The minimum Gasteiger partial charge on any atom is -0.375 e. The van der Waals surface area contributed by atoms with E-state index in [1.165, 1.54) is 81.3 Å². The predicted molar refractivity (Wildman–Crippen MR) is 114 cm³/mol. The maximum Gasteiger partial charge on any atom is 0.102 e. The lowest BCUT2D eigenvalue weighted by molar-refractivity contribution is -0.947. The first-order valence-electron chi connectivity index (χ1n) is 11.7. The summed E-state index contributed by atoms with van der Waals surface area (Å²) in [6.45, 7) is 8.33. The number of aromatic nitrogens is 1. The number of likely N-dealkylation sites (N-methyl/N-ethyl adjacent to an activating group) is 1. The van der Waals surface area contributed by atoms with Crippen molar-refractivity contribution in [3.05, 3.63) is 30.1 Å². The Morgan fingerprint density at radius 1 is 1.00 bits per heavy atom. The molecule has 1 aromatic rings. The van der Waals surface area contributed by atoms with Crippen LogP contribution >= 0.6 is 0 Å². The molecule has 3 aliphatic heterocycles. The van der Waals surface area contributed by atoms with Crippen molar-refractivity contribution in [2.24, 2.45) is 5.92 Å². The standard InChI is InChI=1S/C24H41N3O/c1-26(14-7-9-21(19-26)23-11-3-5-13-25-23)17-18-28-20-22-10-8-16-27(2)15-6-4-12-24(22)27/h3,5,11,13,21-22,24H,4,6-10,12,14-20H2,1-2H3/q+2/t21-,22-,24+,26+,27-/m0/s1. The molecule has 0 radical (unpaired) electrons. The number of piperidine rings is 3. The SMILES string of the molecule is C[N@+]1(CCOC[C@@H]2CCC[N@+]3(C)CCCC[C@H]23)CCC[C@H](c2ccccn2)C1. The lowest BCUT2D eigenvalue weighted by Crippen LogP contribution is -2.61. The second kappa shape index (κ2) is 8.81. The van der Waals surface area contributed by atoms with Crippen LogP contribution < -0.4 is 0 Å². The van der Waals surface area contributed by atoms with Gasteiger partial charge >= 0.3 is 0 Å². The summed E-state index contributed by atoms with van der Waals surface area (Å²) in [5.74, 6) is 1.39. The number of nitrogens with zero attached hydrogens (tertiary/aromatic N) is 3. The van der Waals surface area contributed by atoms with E-state index in [2.05, 4.69) is 31.2 Å². The number of pyridine rings is 1. The number of ether oxygens (including phenoxy) is 1. The molecule has 0 bridgehead atoms. The van der Waals surface area contributed by atoms with Crippen LogP contribution in [0, 0.1) is 5.92 Å². The topological polar surface area (TPSA) is 22.1 Å². The lowest BCUT2D eigenvalue weighted by Gasteiger charge is -2.51. The first-order valence-corrected chi connectivity index (χ1v) is 11.7. The van der Waals surface area contributed by atoms with Gasteiger partial charge in [0.05, 0.1) is 65.4 Å². The molecule has 3 fully saturated rings. The van der Waals surface area contributed by atoms with E-state index in [0.29, 0.717) is 5.92 Å². The third-order valence-electron chi connectivity index (χ3n) is 8.13. The highest BCUT2D eigenvalue weighted by Gasteiger charge is 2.43. The Balaban J connectivity index is 1.25. The maximum atomic E-state index is 6.33. The van der Waals surface area contributed by atoms with Gasteiger partial charge < -0.3 is 13.7 Å². The van der Waals surface area contributed by atoms with Crippen molar-refractivity contribution in [2.75, 3.05) is 60.0 Å². The average Bonchev–Trinajstić information content (AvgIpc) is 2.71. The second-order valence-corrected chi connectivity index (χ2v) is 10.3. The number of rotatable bonds is 6. The fourth-order valence-corrected chi connectivity index (χ4v) is 6.44. The van der Waals surface area contributed by atoms with Crippen LogP contribution in [0.2, 0.25) is 0 Å². The van der Waals surface area contributed by atoms with E-state index in [1.807, 2.05) is 12.3 Å². The Kier molecular flexibility index (Phi) is 6.39. The van der Waals surface area contributed by atoms with Gasteiger partial charge in [0.15, 0.2) is 0 Å². The molecule has 3 saturated heterocycles. The minimum atomic E-state index is 0.610. The van der Waals surface area contributed by atoms with Crippen molar-refractivity contribution < 1.29 is 13.7 Å². The molecule has 0 amide bonds. The van der Waals surface area contributed by atoms with E-state index in [9.17, 15) is 0 Å². The van der Waals surface area contributed by atoms with Crippen LogP contribution in [-0.2, 0) is 4.74 Å². The summed E-state index contributed by atoms with van der Waals surface area (Å²) < 4.78 is 8.80. The zero-order valence-corrected chi connectivity index (χ0v) is 18.2. The molecule has 156 valence electrons. The quantitative estimate of drug-likeness (QED) is 0.547. The summed E-state index contributed by atoms with van der Waals surface area (Å²) >= 11 is 0. The van der Waals surface area contributed by atoms with Crippen LogP contribution in [0.4, 0.5) is 0 Å². The van der Waals surface area contributed by atoms with Crippen LogP contribution in [0.5, 0.6) is 0 Å². The first-order chi connectivity index (χ1) is 13.6. The van der Waals surface area contributed by atoms with Gasteiger partial charge in [-0.15, -0.1) is 0 Å². The van der Waals surface area contributed by atoms with Crippen LogP contribution in [0.1, 0.15) is 56.6 Å². The smallest absolute Gasteiger partial charge is 0.102 e. The molecule has 1 aromatic heterocycles. The van der Waals surface area contributed by atoms with Gasteiger partial charge in [0.2, 0.25) is 0 Å². The normalized spacial score (nSPS) is 38.7. The Morgan fingerprint density at radius 3 is 2.71 bits per heavy atom. The number of hydrogen-bond donors (Lipinski definition) is 0. The monoisotopic (exact) mass is 387 g/mol. The average molecular weight is 388 g/mol. The molecule has 3 aliphatic rings. The highest BCUT2D eigenvalue weighted by molar-refractivity contribution is 5.09. The van der Waals surface area contributed by atoms with Crippen molar-refractivity contribution in [2.45, 2.75) is 56.9 Å². The largest absolute Gasteiger partial charge is 0.375 e. The van der Waals surface area contributed by atoms with Crippen LogP contribution in [-0.4, -0.2) is 80.0 Å². The highest BCUT2D eigenvalue weighted by atomic mass is 16.5. The molecule has 0 saturated carbocycles. The molecule has 0 spiro atoms. The van der Waals surface area contributed by atoms with Crippen molar-refractivity contribution in [1.29, 1.82) is 0 Å². The van der Waals surface area contributed by atoms with E-state index in [4.69, 9.17) is 4.74 Å². The molecule has 4 heteroatoms. The summed E-state index contributed by atoms with van der Waals surface area (Å²) in [6.07, 6.45) is 11.6. The van der Waals surface area contributed by atoms with Crippen LogP contribution in [0.3, 0.4) is 0 Å². The summed E-state index contributed by atoms with van der Waals surface area (Å²) in [5.41, 5.74) is 1.28. The maximum absolute atomic E-state index is 6.33. The van der Waals surface area contributed by atoms with Gasteiger partial charge in [-0.3, -0.25) is 4.98 Å². The summed E-state index contributed by atoms with van der Waals surface area (Å²) in [5, 5.41) is 0. The number of quaternary nitrogens is 2. The zero-order chi connectivity index (χ0) is 19.5. The Bertz CT molecular complexity index is 620. The molecule has 0 N–H and O–H groups in total. The third kappa shape index (κ3) is 4.60. The number of fused-ring (bicyclic) bond motifs is 1. The molecule has 28 heavy (non-hydrogen) atoms. The van der Waals surface area contributed by atoms with Gasteiger partial charge in [0, 0.05) is 24.2 Å². The molecular formula is C24H41N3O+2. The fraction of sp³-hybridized carbons (Fsp3) is 0.792. The summed E-state index contributed by atoms with van der Waals surface area (Å²) in [6, 6.07) is 7.22. The van der Waals surface area contributed by atoms with Gasteiger partial charge in [-0.1, -0.05) is 6.07 Å². The number of likely N-dealkylation sites (tertiary alicyclic amines) is 1. The summed E-state index contributed by atoms with van der Waals surface area (Å²) in [7, 11) is 4.93. The molecule has 4 rings (SSSR count). The molecule has 5 atom stereocenters. The Labute approximate surface area is 172 Å². The highest BCUT2D eigenvalue weighted by Crippen LogP contribution is 2.36. The van der Waals surface area contributed by atoms with Crippen molar-refractivity contribution in [3.8, 4) is 0 Å². The van der Waals surface area contributed by atoms with Gasteiger partial charge in [-0.05, 0) is 50.7 Å². The van der Waals surface area contributed by atoms with Crippen LogP contribution in [0.15, 0.2) is 24.4 Å². The molecule has 4 heterocycles. The molecule has 0 unspecified atom stereocenters. The third-order valence-corrected chi connectivity index (χ3v) is 8.13. The van der Waals surface area contributed by atoms with Gasteiger partial charge in [0.25, 0.3) is 0 Å². The molecule has 4 nitrogen and oxygen atoms in total. The molecule has 0 aliphatic carbocycles. The van der Waals surface area contributed by atoms with Gasteiger partial charge in [-0.25, -0.2) is 0 Å². The first kappa shape index (κ1) is 20.3. The van der Waals surface area contributed by atoms with Crippen LogP contribution in [0.25, 0.3) is 0 Å². The van der Waals surface area contributed by atoms with E-state index in [0.717, 1.165) is 36.2 Å². The van der Waals surface area contributed by atoms with E-state index in [1.54, 1.807) is 0 Å². The predicted octanol–water partition coefficient (Wildman–Crippen LogP) is 3.83. The van der Waals surface area contributed by atoms with E-state index >= 15 is 0 Å². The Morgan fingerprint density at radius 2 is 1.86 bits per heavy atom. The molecule has 0 aromatic carbocycles. The van der Waals surface area contributed by atoms with Crippen molar-refractivity contribution in [1.82, 2.24) is 4.98 Å².